The average molecular weight is 364 g/mol. The molecule has 0 bridgehead atoms. The molecule has 0 aromatic heterocycles. The molecule has 2 nitrogen and oxygen atoms in total. The molecule has 2 rings (SSSR count). The van der Waals surface area contributed by atoms with E-state index in [1.54, 1.807) is 33.8 Å². The highest BCUT2D eigenvalue weighted by molar-refractivity contribution is 5.74. The lowest BCUT2D eigenvalue weighted by Gasteiger charge is -2.17. The quantitative estimate of drug-likeness (QED) is 0.655. The molecule has 0 aliphatic heterocycles. The number of rotatable bonds is 5. The Morgan fingerprint density at radius 1 is 0.923 bits per heavy atom. The predicted molar refractivity (Wildman–Crippen MR) is 95.7 cm³/mol. The number of aryl methyl sites for hydroxylation is 3. The van der Waals surface area contributed by atoms with E-state index in [0.29, 0.717) is 22.3 Å². The van der Waals surface area contributed by atoms with Gasteiger partial charge in [-0.2, -0.15) is 0 Å². The molecular formula is C21H23F3O2. The number of carbonyl (C=O) groups excluding carboxylic acids is 1. The molecule has 0 atom stereocenters. The van der Waals surface area contributed by atoms with Gasteiger partial charge >= 0.3 is 5.97 Å². The van der Waals surface area contributed by atoms with Gasteiger partial charge in [-0.25, -0.2) is 13.2 Å². The number of benzene rings is 2. The van der Waals surface area contributed by atoms with Gasteiger partial charge in [-0.05, 0) is 74.9 Å². The van der Waals surface area contributed by atoms with Crippen molar-refractivity contribution in [1.29, 1.82) is 0 Å². The van der Waals surface area contributed by atoms with E-state index in [4.69, 9.17) is 4.74 Å². The molecule has 0 spiro atoms. The fourth-order valence-corrected chi connectivity index (χ4v) is 3.28. The van der Waals surface area contributed by atoms with E-state index in [9.17, 15) is 13.6 Å². The fourth-order valence-electron chi connectivity index (χ4n) is 3.28. The van der Waals surface area contributed by atoms with Gasteiger partial charge in [0.2, 0.25) is 0 Å². The fraction of sp³-hybridized carbons (Fsp3) is 0.381. The molecule has 0 aliphatic carbocycles. The Hall–Kier alpha value is -2.30. The minimum Gasteiger partial charge on any atom is -0.466 e. The van der Waals surface area contributed by atoms with Gasteiger partial charge in [0.25, 0.3) is 0 Å². The molecule has 0 aliphatic rings. The minimum absolute atomic E-state index is 0.113. The van der Waals surface area contributed by atoms with Crippen LogP contribution in [0.25, 0.3) is 11.1 Å². The van der Waals surface area contributed by atoms with Crippen LogP contribution in [0.4, 0.5) is 13.2 Å². The topological polar surface area (TPSA) is 26.3 Å². The number of hydrogen-bond acceptors (Lipinski definition) is 2. The predicted octanol–water partition coefficient (Wildman–Crippen LogP) is 5.50. The van der Waals surface area contributed by atoms with Gasteiger partial charge in [0.1, 0.15) is 17.5 Å². The van der Waals surface area contributed by atoms with Crippen molar-refractivity contribution in [3.63, 3.8) is 0 Å². The number of esters is 1. The van der Waals surface area contributed by atoms with Crippen molar-refractivity contribution < 1.29 is 22.7 Å². The Labute approximate surface area is 152 Å². The first-order chi connectivity index (χ1) is 12.2. The van der Waals surface area contributed by atoms with Crippen LogP contribution in [0.1, 0.15) is 41.2 Å². The van der Waals surface area contributed by atoms with E-state index in [0.717, 1.165) is 0 Å². The molecule has 0 saturated heterocycles. The van der Waals surface area contributed by atoms with E-state index >= 15 is 4.39 Å². The van der Waals surface area contributed by atoms with E-state index in [1.165, 1.54) is 13.0 Å². The van der Waals surface area contributed by atoms with Crippen LogP contribution in [-0.2, 0) is 16.0 Å². The zero-order valence-electron chi connectivity index (χ0n) is 15.7. The molecule has 0 radical (unpaired) electrons. The Balaban J connectivity index is 2.59. The van der Waals surface area contributed by atoms with E-state index in [2.05, 4.69) is 0 Å². The van der Waals surface area contributed by atoms with Crippen LogP contribution in [0.2, 0.25) is 0 Å². The van der Waals surface area contributed by atoms with Crippen LogP contribution < -0.4 is 0 Å². The molecule has 5 heteroatoms. The van der Waals surface area contributed by atoms with E-state index in [1.807, 2.05) is 0 Å². The van der Waals surface area contributed by atoms with Crippen molar-refractivity contribution in [1.82, 2.24) is 0 Å². The highest BCUT2D eigenvalue weighted by Crippen LogP contribution is 2.35. The van der Waals surface area contributed by atoms with Crippen LogP contribution in [0, 0.1) is 45.1 Å². The number of halogens is 3. The van der Waals surface area contributed by atoms with Crippen molar-refractivity contribution in [2.24, 2.45) is 0 Å². The highest BCUT2D eigenvalue weighted by Gasteiger charge is 2.22. The zero-order valence-corrected chi connectivity index (χ0v) is 15.7. The highest BCUT2D eigenvalue weighted by atomic mass is 19.1. The summed E-state index contributed by atoms with van der Waals surface area (Å²) < 4.78 is 48.8. The maximum absolute atomic E-state index is 15.1. The van der Waals surface area contributed by atoms with Crippen molar-refractivity contribution >= 4 is 5.97 Å². The summed E-state index contributed by atoms with van der Waals surface area (Å²) in [6.07, 6.45) is -0.234. The molecule has 0 N–H and O–H groups in total. The SMILES string of the molecule is CCOC(=O)CCc1c(F)c(C)cc(-c2c(C)cc(C)c(F)c2C)c1F. The normalized spacial score (nSPS) is 10.9. The molecule has 0 amide bonds. The maximum Gasteiger partial charge on any atom is 0.306 e. The summed E-state index contributed by atoms with van der Waals surface area (Å²) in [4.78, 5) is 11.6. The van der Waals surface area contributed by atoms with Crippen LogP contribution in [-0.4, -0.2) is 12.6 Å². The summed E-state index contributed by atoms with van der Waals surface area (Å²) in [5.41, 5.74) is 2.16. The lowest BCUT2D eigenvalue weighted by Crippen LogP contribution is -2.09. The van der Waals surface area contributed by atoms with Gasteiger partial charge in [0.05, 0.1) is 6.61 Å². The molecule has 2 aromatic rings. The van der Waals surface area contributed by atoms with Crippen LogP contribution >= 0.6 is 0 Å². The third-order valence-electron chi connectivity index (χ3n) is 4.51. The second kappa shape index (κ2) is 7.94. The summed E-state index contributed by atoms with van der Waals surface area (Å²) in [5, 5.41) is 0. The molecule has 0 unspecified atom stereocenters. The van der Waals surface area contributed by atoms with Crippen molar-refractivity contribution in [2.75, 3.05) is 6.61 Å². The number of hydrogen-bond donors (Lipinski definition) is 0. The smallest absolute Gasteiger partial charge is 0.306 e. The summed E-state index contributed by atoms with van der Waals surface area (Å²) >= 11 is 0. The molecule has 2 aromatic carbocycles. The van der Waals surface area contributed by atoms with Crippen LogP contribution in [0.3, 0.4) is 0 Å². The molecule has 140 valence electrons. The van der Waals surface area contributed by atoms with Crippen LogP contribution in [0.5, 0.6) is 0 Å². The molecule has 0 heterocycles. The zero-order chi connectivity index (χ0) is 19.6. The molecular weight excluding hydrogens is 341 g/mol. The average Bonchev–Trinajstić information content (AvgIpc) is 2.57. The largest absolute Gasteiger partial charge is 0.466 e. The third kappa shape index (κ3) is 3.76. The van der Waals surface area contributed by atoms with Crippen LogP contribution in [0.15, 0.2) is 12.1 Å². The Bertz CT molecular complexity index is 857. The Kier molecular flexibility index (Phi) is 6.11. The molecule has 0 saturated carbocycles. The van der Waals surface area contributed by atoms with Crippen molar-refractivity contribution in [2.45, 2.75) is 47.5 Å². The standard InChI is InChI=1S/C21H23F3O2/c1-6-26-17(25)8-7-15-20(23)13(4)10-16(21(15)24)18-11(2)9-12(3)19(22)14(18)5/h9-10H,6-8H2,1-5H3. The van der Waals surface area contributed by atoms with Gasteiger partial charge in [-0.15, -0.1) is 0 Å². The Morgan fingerprint density at radius 2 is 1.54 bits per heavy atom. The monoisotopic (exact) mass is 364 g/mol. The number of ether oxygens (including phenoxy) is 1. The number of carbonyl (C=O) groups is 1. The van der Waals surface area contributed by atoms with E-state index in [-0.39, 0.29) is 36.1 Å². The molecule has 26 heavy (non-hydrogen) atoms. The summed E-state index contributed by atoms with van der Waals surface area (Å²) in [6.45, 7) is 8.41. The summed E-state index contributed by atoms with van der Waals surface area (Å²) in [5.74, 6) is -2.35. The second-order valence-corrected chi connectivity index (χ2v) is 6.48. The summed E-state index contributed by atoms with van der Waals surface area (Å²) in [7, 11) is 0. The van der Waals surface area contributed by atoms with Gasteiger partial charge < -0.3 is 4.74 Å². The lowest BCUT2D eigenvalue weighted by atomic mass is 9.89. The first-order valence-corrected chi connectivity index (χ1v) is 8.58. The van der Waals surface area contributed by atoms with Gasteiger partial charge in [-0.3, -0.25) is 4.79 Å². The first-order valence-electron chi connectivity index (χ1n) is 8.58. The van der Waals surface area contributed by atoms with Gasteiger partial charge in [0, 0.05) is 17.5 Å². The summed E-state index contributed by atoms with van der Waals surface area (Å²) in [6, 6.07) is 3.04. The molecule has 0 fully saturated rings. The van der Waals surface area contributed by atoms with Gasteiger partial charge in [-0.1, -0.05) is 6.07 Å². The second-order valence-electron chi connectivity index (χ2n) is 6.48. The van der Waals surface area contributed by atoms with Gasteiger partial charge in [0.15, 0.2) is 0 Å². The van der Waals surface area contributed by atoms with Crippen molar-refractivity contribution in [3.8, 4) is 11.1 Å². The van der Waals surface area contributed by atoms with Crippen molar-refractivity contribution in [3.05, 3.63) is 57.4 Å². The third-order valence-corrected chi connectivity index (χ3v) is 4.51. The maximum atomic E-state index is 15.1. The van der Waals surface area contributed by atoms with E-state index < -0.39 is 23.4 Å². The first kappa shape index (κ1) is 20.0. The lowest BCUT2D eigenvalue weighted by molar-refractivity contribution is -0.143. The minimum atomic E-state index is -0.758. The Morgan fingerprint density at radius 3 is 2.15 bits per heavy atom.